The van der Waals surface area contributed by atoms with Crippen LogP contribution >= 0.6 is 0 Å². The minimum Gasteiger partial charge on any atom is -0.377 e. The fraction of sp³-hybridized carbons (Fsp3) is 0.549. The first-order chi connectivity index (χ1) is 46.0. The number of aromatic nitrogens is 1. The van der Waals surface area contributed by atoms with Gasteiger partial charge < -0.3 is 66.5 Å². The van der Waals surface area contributed by atoms with E-state index in [1.54, 1.807) is 19.0 Å². The molecule has 0 radical (unpaired) electrons. The molecular formula is C71H100N12O12. The van der Waals surface area contributed by atoms with Gasteiger partial charge in [-0.2, -0.15) is 5.11 Å². The molecule has 95 heavy (non-hydrogen) atoms. The molecule has 2 aliphatic carbocycles. The van der Waals surface area contributed by atoms with Crippen LogP contribution in [0, 0.1) is 5.53 Å². The van der Waals surface area contributed by atoms with Crippen LogP contribution in [-0.2, 0) is 43.6 Å². The summed E-state index contributed by atoms with van der Waals surface area (Å²) in [5.41, 5.74) is 29.2. The second-order valence-electron chi connectivity index (χ2n) is 25.0. The van der Waals surface area contributed by atoms with Crippen molar-refractivity contribution in [3.05, 3.63) is 139 Å². The summed E-state index contributed by atoms with van der Waals surface area (Å²) in [7, 11) is 3.34. The number of unbranched alkanes of at least 4 members (excludes halogenated alkanes) is 12. The van der Waals surface area contributed by atoms with Crippen LogP contribution in [0.3, 0.4) is 0 Å². The zero-order valence-electron chi connectivity index (χ0n) is 55.6. The fourth-order valence-corrected chi connectivity index (χ4v) is 12.7. The summed E-state index contributed by atoms with van der Waals surface area (Å²) in [5, 5.41) is 13.3. The Hall–Kier alpha value is -8.00. The molecule has 1 aliphatic heterocycles. The average Bonchev–Trinajstić information content (AvgIpc) is 1.49. The van der Waals surface area contributed by atoms with E-state index in [9.17, 15) is 38.4 Å². The normalized spacial score (nSPS) is 18.0. The standard InChI is InChI=1S/C71H100N12O12/c1-49-22-24-53(78-64(86)21-15-9-6-12-18-34-74)47-71(58-44-51(76-62(84)19-13-7-4-10-16-32-72)25-28-55(58)66(49)56-29-26-52(45-59(56)71)77-63(85)20-14-8-5-11-17-33-73)31-30-65(87)81(2)35-37-92-39-41-94-42-40-93-38-36-82(3)68(89)61-46-54(80-75)48-83(61)67(88)50-23-27-57-60(43-50)79-70(91)95-69(57)90/h22-29,43-45,47,54,61,66,75H,1,4-21,30-42,46,48,72-74H2,2-3H3,(H,76,84)(H,77,85)(H,78,86)(H,79,91)/b24-22-,53-47+,80-75?/t54-,61-,66?,71?/m0/s1. The third-order valence-corrected chi connectivity index (χ3v) is 18.0. The van der Waals surface area contributed by atoms with Crippen molar-refractivity contribution >= 4 is 57.7 Å². The van der Waals surface area contributed by atoms with Gasteiger partial charge >= 0.3 is 11.4 Å². The molecule has 2 heterocycles. The number of nitrogens with two attached hydrogens (primary N) is 3. The molecule has 11 N–H and O–H groups in total. The number of hydrogen-bond acceptors (Lipinski definition) is 17. The Morgan fingerprint density at radius 1 is 0.653 bits per heavy atom. The molecule has 3 aliphatic rings. The Bertz CT molecular complexity index is 3370. The lowest BCUT2D eigenvalue weighted by Crippen LogP contribution is -2.47. The van der Waals surface area contributed by atoms with E-state index in [2.05, 4.69) is 37.0 Å². The number of benzene rings is 3. The lowest BCUT2D eigenvalue weighted by atomic mass is 9.60. The number of nitrogens with zero attached hydrogens (tertiary/aromatic N) is 4. The van der Waals surface area contributed by atoms with Gasteiger partial charge in [0.2, 0.25) is 29.5 Å². The number of anilines is 2. The van der Waals surface area contributed by atoms with Crippen molar-refractivity contribution in [3.63, 3.8) is 0 Å². The van der Waals surface area contributed by atoms with Gasteiger partial charge in [-0.3, -0.25) is 33.8 Å². The van der Waals surface area contributed by atoms with E-state index < -0.39 is 34.8 Å². The Labute approximate surface area is 557 Å². The number of nitrogens with one attached hydrogen (secondary N) is 5. The maximum absolute atomic E-state index is 14.5. The molecule has 7 rings (SSSR count). The van der Waals surface area contributed by atoms with E-state index in [0.29, 0.717) is 62.4 Å². The summed E-state index contributed by atoms with van der Waals surface area (Å²) in [6.45, 7) is 8.47. The van der Waals surface area contributed by atoms with Crippen molar-refractivity contribution in [2.75, 3.05) is 104 Å². The van der Waals surface area contributed by atoms with Crippen LogP contribution in [-0.4, -0.2) is 160 Å². The maximum atomic E-state index is 14.5. The Morgan fingerprint density at radius 2 is 1.16 bits per heavy atom. The number of H-pyrrole nitrogens is 1. The Balaban J connectivity index is 0.983. The quantitative estimate of drug-likeness (QED) is 0.0153. The highest BCUT2D eigenvalue weighted by atomic mass is 16.5. The second kappa shape index (κ2) is 38.5. The van der Waals surface area contributed by atoms with E-state index in [0.717, 1.165) is 118 Å². The van der Waals surface area contributed by atoms with Crippen molar-refractivity contribution in [1.82, 2.24) is 25.0 Å². The molecule has 0 unspecified atom stereocenters. The van der Waals surface area contributed by atoms with E-state index >= 15 is 0 Å². The maximum Gasteiger partial charge on any atom is 0.419 e. The predicted molar refractivity (Wildman–Crippen MR) is 366 cm³/mol. The van der Waals surface area contributed by atoms with E-state index in [-0.39, 0.29) is 130 Å². The first-order valence-corrected chi connectivity index (χ1v) is 34.0. The summed E-state index contributed by atoms with van der Waals surface area (Å²) in [5.74, 6) is -2.68. The summed E-state index contributed by atoms with van der Waals surface area (Å²) < 4.78 is 22.1. The Morgan fingerprint density at radius 3 is 1.69 bits per heavy atom. The van der Waals surface area contributed by atoms with Crippen LogP contribution in [0.4, 0.5) is 11.4 Å². The smallest absolute Gasteiger partial charge is 0.377 e. The van der Waals surface area contributed by atoms with Crippen LogP contribution in [0.2, 0.25) is 0 Å². The second-order valence-corrected chi connectivity index (χ2v) is 25.0. The number of likely N-dealkylation sites (tertiary alicyclic amines) is 1. The zero-order valence-corrected chi connectivity index (χ0v) is 55.6. The third kappa shape index (κ3) is 21.8. The molecule has 1 aromatic heterocycles. The van der Waals surface area contributed by atoms with Gasteiger partial charge in [-0.1, -0.05) is 82.6 Å². The van der Waals surface area contributed by atoms with Crippen molar-refractivity contribution in [3.8, 4) is 0 Å². The number of rotatable bonds is 42. The van der Waals surface area contributed by atoms with Crippen LogP contribution < -0.4 is 44.5 Å². The van der Waals surface area contributed by atoms with Gasteiger partial charge in [-0.15, -0.1) is 0 Å². The number of ether oxygens (including phenoxy) is 3. The molecule has 0 spiro atoms. The summed E-state index contributed by atoms with van der Waals surface area (Å²) in [4.78, 5) is 114. The molecule has 2 bridgehead atoms. The number of fused-ring (bicyclic) bond motifs is 4. The van der Waals surface area contributed by atoms with Crippen LogP contribution in [0.25, 0.3) is 10.9 Å². The van der Waals surface area contributed by atoms with Gasteiger partial charge in [0, 0.05) is 99.8 Å². The largest absolute Gasteiger partial charge is 0.419 e. The predicted octanol–water partition coefficient (Wildman–Crippen LogP) is 8.17. The highest BCUT2D eigenvalue weighted by Gasteiger charge is 2.45. The molecule has 0 saturated carbocycles. The number of carbonyl (C=O) groups excluding carboxylic acids is 6. The molecule has 24 heteroatoms. The highest BCUT2D eigenvalue weighted by molar-refractivity contribution is 6.00. The number of likely N-dealkylation sites (N-methyl/N-ethyl adjacent to an activating group) is 2. The van der Waals surface area contributed by atoms with Gasteiger partial charge in [0.05, 0.1) is 56.6 Å². The van der Waals surface area contributed by atoms with E-state index in [1.807, 2.05) is 54.6 Å². The van der Waals surface area contributed by atoms with Gasteiger partial charge in [0.25, 0.3) is 5.91 Å². The van der Waals surface area contributed by atoms with Crippen LogP contribution in [0.1, 0.15) is 173 Å². The van der Waals surface area contributed by atoms with Gasteiger partial charge in [0.1, 0.15) is 6.04 Å². The first kappa shape index (κ1) is 74.4. The topological polar surface area (TPSA) is 353 Å². The van der Waals surface area contributed by atoms with Crippen molar-refractivity contribution in [2.45, 2.75) is 158 Å². The fourth-order valence-electron chi connectivity index (χ4n) is 12.7. The molecule has 24 nitrogen and oxygen atoms in total. The monoisotopic (exact) mass is 1310 g/mol. The lowest BCUT2D eigenvalue weighted by molar-refractivity contribution is -0.134. The number of carbonyl (C=O) groups is 6. The Kier molecular flexibility index (Phi) is 30.2. The van der Waals surface area contributed by atoms with Gasteiger partial charge in [0.15, 0.2) is 0 Å². The highest BCUT2D eigenvalue weighted by Crippen LogP contribution is 2.54. The van der Waals surface area contributed by atoms with Crippen LogP contribution in [0.5, 0.6) is 0 Å². The number of allylic oxidation sites excluding steroid dienone is 4. The molecule has 1 fully saturated rings. The zero-order chi connectivity index (χ0) is 68.1. The molecular weight excluding hydrogens is 1210 g/mol. The summed E-state index contributed by atoms with van der Waals surface area (Å²) in [6.07, 6.45) is 21.2. The summed E-state index contributed by atoms with van der Waals surface area (Å²) >= 11 is 0. The van der Waals surface area contributed by atoms with Gasteiger partial charge in [-0.05, 0) is 147 Å². The minimum absolute atomic E-state index is 0.0404. The van der Waals surface area contributed by atoms with E-state index in [4.69, 9.17) is 36.9 Å². The van der Waals surface area contributed by atoms with Crippen molar-refractivity contribution in [2.24, 2.45) is 22.3 Å². The molecule has 2 atom stereocenters. The SMILES string of the molecule is C=C1/C=C\C(NC(=O)CCCCCCCN)=C/C2(CCC(=O)N(C)CCOCCOCCOCCN(C)C(=O)[C@@H]3C[C@H](N=N)CN3C(=O)c3ccc4c(=O)oc(=O)[nH]c4c3)c3cc(NC(=O)CCCCCCCN)ccc3C1c1ccc(NC(=O)CCCCCCCN)cc12. The van der Waals surface area contributed by atoms with Crippen molar-refractivity contribution < 1.29 is 47.4 Å². The number of hydrogen-bond donors (Lipinski definition) is 8. The first-order valence-electron chi connectivity index (χ1n) is 34.0. The van der Waals surface area contributed by atoms with Crippen LogP contribution in [0.15, 0.2) is 110 Å². The molecule has 6 amide bonds. The molecule has 1 saturated heterocycles. The van der Waals surface area contributed by atoms with E-state index in [1.165, 1.54) is 28.0 Å². The lowest BCUT2D eigenvalue weighted by Gasteiger charge is -2.43. The molecule has 516 valence electrons. The average molecular weight is 1310 g/mol. The van der Waals surface area contributed by atoms with Crippen molar-refractivity contribution in [1.29, 1.82) is 5.53 Å². The molecule has 3 aromatic carbocycles. The summed E-state index contributed by atoms with van der Waals surface area (Å²) in [6, 6.07) is 14.6. The number of aromatic amines is 1. The van der Waals surface area contributed by atoms with Gasteiger partial charge in [-0.25, -0.2) is 15.1 Å². The molecule has 4 aromatic rings. The minimum atomic E-state index is -1.09. The number of amides is 6. The third-order valence-electron chi connectivity index (χ3n) is 18.0.